The lowest BCUT2D eigenvalue weighted by Gasteiger charge is -2.05. The molecule has 0 radical (unpaired) electrons. The zero-order valence-corrected chi connectivity index (χ0v) is 12.5. The minimum absolute atomic E-state index is 0.474. The highest BCUT2D eigenvalue weighted by molar-refractivity contribution is 9.10. The second-order valence-corrected chi connectivity index (χ2v) is 5.66. The van der Waals surface area contributed by atoms with Gasteiger partial charge in [0.2, 0.25) is 0 Å². The van der Waals surface area contributed by atoms with Gasteiger partial charge in [-0.05, 0) is 35.0 Å². The Bertz CT molecular complexity index is 754. The molecule has 0 amide bonds. The second-order valence-electron chi connectivity index (χ2n) is 4.38. The predicted octanol–water partition coefficient (Wildman–Crippen LogP) is 5.02. The molecule has 0 fully saturated rings. The van der Waals surface area contributed by atoms with Crippen LogP contribution in [0, 0.1) is 6.92 Å². The van der Waals surface area contributed by atoms with E-state index in [-0.39, 0.29) is 0 Å². The average molecular weight is 334 g/mol. The maximum atomic E-state index is 6.24. The van der Waals surface area contributed by atoms with Gasteiger partial charge in [-0.3, -0.25) is 4.98 Å². The molecule has 1 aromatic carbocycles. The van der Waals surface area contributed by atoms with Crippen LogP contribution in [0.3, 0.4) is 0 Å². The first-order chi connectivity index (χ1) is 9.13. The van der Waals surface area contributed by atoms with E-state index >= 15 is 0 Å². The SMILES string of the molecule is Cc1ccc(-c2cc3ncc(Br)cc3c(Cl)n2)cc1. The highest BCUT2D eigenvalue weighted by Gasteiger charge is 2.07. The van der Waals surface area contributed by atoms with E-state index in [9.17, 15) is 0 Å². The van der Waals surface area contributed by atoms with Crippen molar-refractivity contribution < 1.29 is 0 Å². The Morgan fingerprint density at radius 3 is 2.58 bits per heavy atom. The highest BCUT2D eigenvalue weighted by Crippen LogP contribution is 2.28. The van der Waals surface area contributed by atoms with Crippen molar-refractivity contribution in [2.75, 3.05) is 0 Å². The summed E-state index contributed by atoms with van der Waals surface area (Å²) >= 11 is 9.63. The molecule has 0 spiro atoms. The molecule has 0 saturated carbocycles. The van der Waals surface area contributed by atoms with E-state index in [0.717, 1.165) is 26.6 Å². The Morgan fingerprint density at radius 1 is 1.11 bits per heavy atom. The van der Waals surface area contributed by atoms with Crippen LogP contribution in [0.1, 0.15) is 5.56 Å². The molecule has 2 nitrogen and oxygen atoms in total. The van der Waals surface area contributed by atoms with Crippen molar-refractivity contribution in [2.24, 2.45) is 0 Å². The molecule has 0 saturated heterocycles. The van der Waals surface area contributed by atoms with Gasteiger partial charge in [0.15, 0.2) is 0 Å². The topological polar surface area (TPSA) is 25.8 Å². The van der Waals surface area contributed by atoms with E-state index in [1.54, 1.807) is 6.20 Å². The van der Waals surface area contributed by atoms with E-state index in [1.807, 2.05) is 24.3 Å². The summed E-state index contributed by atoms with van der Waals surface area (Å²) in [7, 11) is 0. The van der Waals surface area contributed by atoms with E-state index in [2.05, 4.69) is 45.0 Å². The number of fused-ring (bicyclic) bond motifs is 1. The zero-order valence-electron chi connectivity index (χ0n) is 10.2. The van der Waals surface area contributed by atoms with Crippen molar-refractivity contribution in [2.45, 2.75) is 6.92 Å². The van der Waals surface area contributed by atoms with Crippen LogP contribution in [-0.4, -0.2) is 9.97 Å². The number of rotatable bonds is 1. The van der Waals surface area contributed by atoms with Gasteiger partial charge in [-0.1, -0.05) is 41.4 Å². The summed E-state index contributed by atoms with van der Waals surface area (Å²) < 4.78 is 0.895. The average Bonchev–Trinajstić information content (AvgIpc) is 2.40. The van der Waals surface area contributed by atoms with Crippen molar-refractivity contribution in [1.82, 2.24) is 9.97 Å². The molecule has 2 heterocycles. The Kier molecular flexibility index (Phi) is 3.25. The van der Waals surface area contributed by atoms with Gasteiger partial charge in [0.25, 0.3) is 0 Å². The fourth-order valence-electron chi connectivity index (χ4n) is 1.93. The number of aryl methyl sites for hydroxylation is 1. The second kappa shape index (κ2) is 4.91. The Hall–Kier alpha value is -1.45. The van der Waals surface area contributed by atoms with Crippen LogP contribution in [0.4, 0.5) is 0 Å². The quantitative estimate of drug-likeness (QED) is 0.584. The van der Waals surface area contributed by atoms with Crippen molar-refractivity contribution in [3.63, 3.8) is 0 Å². The fourth-order valence-corrected chi connectivity index (χ4v) is 2.50. The molecule has 0 N–H and O–H groups in total. The number of hydrogen-bond acceptors (Lipinski definition) is 2. The number of benzene rings is 1. The third-order valence-electron chi connectivity index (χ3n) is 2.95. The molecule has 4 heteroatoms. The summed E-state index contributed by atoms with van der Waals surface area (Å²) in [5, 5.41) is 1.33. The summed E-state index contributed by atoms with van der Waals surface area (Å²) in [6.45, 7) is 2.06. The van der Waals surface area contributed by atoms with Crippen molar-refractivity contribution in [3.05, 3.63) is 57.8 Å². The lowest BCUT2D eigenvalue weighted by Crippen LogP contribution is -1.89. The lowest BCUT2D eigenvalue weighted by molar-refractivity contribution is 1.31. The van der Waals surface area contributed by atoms with E-state index in [1.165, 1.54) is 5.56 Å². The van der Waals surface area contributed by atoms with Gasteiger partial charge in [0.05, 0.1) is 11.2 Å². The zero-order chi connectivity index (χ0) is 13.4. The van der Waals surface area contributed by atoms with E-state index < -0.39 is 0 Å². The van der Waals surface area contributed by atoms with Crippen LogP contribution < -0.4 is 0 Å². The molecule has 0 aliphatic rings. The van der Waals surface area contributed by atoms with Crippen LogP contribution in [0.5, 0.6) is 0 Å². The summed E-state index contributed by atoms with van der Waals surface area (Å²) in [4.78, 5) is 8.82. The molecule has 0 aliphatic carbocycles. The molecule has 94 valence electrons. The number of aromatic nitrogens is 2. The molecule has 0 atom stereocenters. The van der Waals surface area contributed by atoms with Gasteiger partial charge in [-0.25, -0.2) is 4.98 Å². The van der Waals surface area contributed by atoms with Gasteiger partial charge >= 0.3 is 0 Å². The Morgan fingerprint density at radius 2 is 1.84 bits per heavy atom. The van der Waals surface area contributed by atoms with Crippen LogP contribution in [0.15, 0.2) is 47.1 Å². The first kappa shape index (κ1) is 12.6. The van der Waals surface area contributed by atoms with Crippen LogP contribution >= 0.6 is 27.5 Å². The van der Waals surface area contributed by atoms with Crippen LogP contribution in [0.25, 0.3) is 22.2 Å². The minimum atomic E-state index is 0.474. The van der Waals surface area contributed by atoms with Gasteiger partial charge in [-0.15, -0.1) is 0 Å². The summed E-state index contributed by atoms with van der Waals surface area (Å²) in [6.07, 6.45) is 1.76. The normalized spacial score (nSPS) is 10.9. The summed E-state index contributed by atoms with van der Waals surface area (Å²) in [5.41, 5.74) is 3.95. The Balaban J connectivity index is 2.20. The first-order valence-electron chi connectivity index (χ1n) is 5.82. The third kappa shape index (κ3) is 2.48. The molecule has 3 rings (SSSR count). The molecule has 0 bridgehead atoms. The van der Waals surface area contributed by atoms with E-state index in [4.69, 9.17) is 11.6 Å². The van der Waals surface area contributed by atoms with E-state index in [0.29, 0.717) is 5.15 Å². The Labute approximate surface area is 124 Å². The molecule has 19 heavy (non-hydrogen) atoms. The number of pyridine rings is 2. The van der Waals surface area contributed by atoms with Crippen molar-refractivity contribution >= 4 is 38.4 Å². The minimum Gasteiger partial charge on any atom is -0.255 e. The van der Waals surface area contributed by atoms with Gasteiger partial charge in [0.1, 0.15) is 5.15 Å². The highest BCUT2D eigenvalue weighted by atomic mass is 79.9. The summed E-state index contributed by atoms with van der Waals surface area (Å²) in [5.74, 6) is 0. The lowest BCUT2D eigenvalue weighted by atomic mass is 10.1. The summed E-state index contributed by atoms with van der Waals surface area (Å²) in [6, 6.07) is 12.1. The fraction of sp³-hybridized carbons (Fsp3) is 0.0667. The van der Waals surface area contributed by atoms with Crippen LogP contribution in [-0.2, 0) is 0 Å². The van der Waals surface area contributed by atoms with Crippen molar-refractivity contribution in [3.8, 4) is 11.3 Å². The largest absolute Gasteiger partial charge is 0.255 e. The van der Waals surface area contributed by atoms with Crippen LogP contribution in [0.2, 0.25) is 5.15 Å². The monoisotopic (exact) mass is 332 g/mol. The maximum absolute atomic E-state index is 6.24. The third-order valence-corrected chi connectivity index (χ3v) is 3.67. The molecule has 0 unspecified atom stereocenters. The standard InChI is InChI=1S/C15H10BrClN2/c1-9-2-4-10(5-3-9)13-7-14-12(15(17)19-13)6-11(16)8-18-14/h2-8H,1H3. The first-order valence-corrected chi connectivity index (χ1v) is 6.99. The number of nitrogens with zero attached hydrogens (tertiary/aromatic N) is 2. The number of hydrogen-bond donors (Lipinski definition) is 0. The van der Waals surface area contributed by atoms with Gasteiger partial charge in [0, 0.05) is 21.6 Å². The molecule has 2 aromatic heterocycles. The molecule has 0 aliphatic heterocycles. The maximum Gasteiger partial charge on any atom is 0.139 e. The molecular formula is C15H10BrClN2. The smallest absolute Gasteiger partial charge is 0.139 e. The molecule has 3 aromatic rings. The van der Waals surface area contributed by atoms with Crippen molar-refractivity contribution in [1.29, 1.82) is 0 Å². The van der Waals surface area contributed by atoms with Gasteiger partial charge < -0.3 is 0 Å². The number of halogens is 2. The molecular weight excluding hydrogens is 324 g/mol. The predicted molar refractivity (Wildman–Crippen MR) is 82.4 cm³/mol. The van der Waals surface area contributed by atoms with Gasteiger partial charge in [-0.2, -0.15) is 0 Å².